The molecule has 3 rings (SSSR count). The molecular weight excluding hydrogens is 310 g/mol. The molecule has 0 radical (unpaired) electrons. The number of hydrogen-bond donors (Lipinski definition) is 2. The number of hydrogen-bond acceptors (Lipinski definition) is 6. The number of para-hydroxylation sites is 1. The molecule has 1 aliphatic heterocycles. The van der Waals surface area contributed by atoms with Crippen molar-refractivity contribution in [3.05, 3.63) is 41.7 Å². The zero-order valence-electron chi connectivity index (χ0n) is 13.4. The Balaban J connectivity index is 2.10. The minimum Gasteiger partial charge on any atom is -0.461 e. The van der Waals surface area contributed by atoms with Gasteiger partial charge in [-0.1, -0.05) is 18.2 Å². The van der Waals surface area contributed by atoms with Crippen LogP contribution >= 0.6 is 0 Å². The molecule has 1 aliphatic rings. The van der Waals surface area contributed by atoms with Gasteiger partial charge in [0.15, 0.2) is 5.69 Å². The van der Waals surface area contributed by atoms with Crippen molar-refractivity contribution in [3.63, 3.8) is 0 Å². The monoisotopic (exact) mass is 327 g/mol. The number of aryl methyl sites for hydroxylation is 1. The number of nitrogens with zero attached hydrogens (tertiary/aromatic N) is 3. The molecule has 2 heterocycles. The number of carbonyl (C=O) groups excluding carboxylic acids is 2. The number of ether oxygens (including phenoxy) is 1. The second kappa shape index (κ2) is 6.15. The van der Waals surface area contributed by atoms with Crippen LogP contribution in [0.2, 0.25) is 0 Å². The van der Waals surface area contributed by atoms with Crippen LogP contribution in [0.25, 0.3) is 0 Å². The quantitative estimate of drug-likeness (QED) is 0.836. The Morgan fingerprint density at radius 3 is 2.75 bits per heavy atom. The molecule has 124 valence electrons. The van der Waals surface area contributed by atoms with Crippen LogP contribution in [0.15, 0.2) is 30.3 Å². The maximum Gasteiger partial charge on any atom is 0.361 e. The zero-order chi connectivity index (χ0) is 17.3. The summed E-state index contributed by atoms with van der Waals surface area (Å²) in [6.45, 7) is 1.91. The third-order valence-corrected chi connectivity index (χ3v) is 3.62. The van der Waals surface area contributed by atoms with Crippen LogP contribution in [0, 0.1) is 5.41 Å². The lowest BCUT2D eigenvalue weighted by Gasteiger charge is -2.22. The molecule has 1 amide bonds. The molecule has 8 heteroatoms. The van der Waals surface area contributed by atoms with Crippen LogP contribution in [0.4, 0.5) is 11.4 Å². The summed E-state index contributed by atoms with van der Waals surface area (Å²) < 4.78 is 6.44. The maximum atomic E-state index is 12.5. The Morgan fingerprint density at radius 2 is 2.08 bits per heavy atom. The van der Waals surface area contributed by atoms with Crippen LogP contribution in [0.3, 0.4) is 0 Å². The lowest BCUT2D eigenvalue weighted by molar-refractivity contribution is -0.117. The van der Waals surface area contributed by atoms with Gasteiger partial charge in [0, 0.05) is 7.05 Å². The number of fused-ring (bicyclic) bond motifs is 1. The van der Waals surface area contributed by atoms with E-state index in [4.69, 9.17) is 10.1 Å². The van der Waals surface area contributed by atoms with E-state index in [0.717, 1.165) is 0 Å². The molecule has 0 fully saturated rings. The third-order valence-electron chi connectivity index (χ3n) is 3.62. The van der Waals surface area contributed by atoms with Gasteiger partial charge in [-0.25, -0.2) is 9.80 Å². The fraction of sp³-hybridized carbons (Fsp3) is 0.250. The largest absolute Gasteiger partial charge is 0.461 e. The Kier molecular flexibility index (Phi) is 4.03. The van der Waals surface area contributed by atoms with E-state index in [1.54, 1.807) is 38.2 Å². The van der Waals surface area contributed by atoms with Crippen LogP contribution < -0.4 is 10.4 Å². The summed E-state index contributed by atoms with van der Waals surface area (Å²) in [6.07, 6.45) is -0.101. The van der Waals surface area contributed by atoms with Gasteiger partial charge in [0.1, 0.15) is 11.4 Å². The molecule has 0 spiro atoms. The van der Waals surface area contributed by atoms with Gasteiger partial charge in [0.05, 0.1) is 24.4 Å². The first-order valence-electron chi connectivity index (χ1n) is 7.49. The summed E-state index contributed by atoms with van der Waals surface area (Å²) in [5, 5.41) is 13.7. The zero-order valence-corrected chi connectivity index (χ0v) is 13.4. The Bertz CT molecular complexity index is 813. The van der Waals surface area contributed by atoms with Gasteiger partial charge in [-0.2, -0.15) is 5.10 Å². The lowest BCUT2D eigenvalue weighted by Crippen LogP contribution is -2.36. The Labute approximate surface area is 138 Å². The number of esters is 1. The van der Waals surface area contributed by atoms with Gasteiger partial charge in [0.25, 0.3) is 5.91 Å². The first-order valence-corrected chi connectivity index (χ1v) is 7.49. The van der Waals surface area contributed by atoms with Crippen molar-refractivity contribution in [1.82, 2.24) is 9.78 Å². The smallest absolute Gasteiger partial charge is 0.361 e. The van der Waals surface area contributed by atoms with E-state index in [9.17, 15) is 9.59 Å². The number of hydrazine groups is 1. The van der Waals surface area contributed by atoms with Gasteiger partial charge in [0.2, 0.25) is 0 Å². The van der Waals surface area contributed by atoms with Gasteiger partial charge in [-0.15, -0.1) is 0 Å². The van der Waals surface area contributed by atoms with Crippen molar-refractivity contribution >= 4 is 29.0 Å². The van der Waals surface area contributed by atoms with Crippen LogP contribution in [-0.2, 0) is 16.6 Å². The number of anilines is 2. The average Bonchev–Trinajstić information content (AvgIpc) is 2.82. The normalized spacial score (nSPS) is 14.0. The van der Waals surface area contributed by atoms with Crippen LogP contribution in [0.5, 0.6) is 0 Å². The average molecular weight is 327 g/mol. The Morgan fingerprint density at radius 1 is 1.38 bits per heavy atom. The molecule has 2 N–H and O–H groups in total. The lowest BCUT2D eigenvalue weighted by atomic mass is 10.1. The minimum absolute atomic E-state index is 0.0507. The third kappa shape index (κ3) is 2.62. The van der Waals surface area contributed by atoms with E-state index < -0.39 is 5.97 Å². The standard InChI is InChI=1S/C16H17N5O3/c1-3-24-16(23)14-13-15(20(2)18-14)11(17)9-12(22)21(19-13)10-7-5-4-6-8-10/h4-8,17,19H,3,9H2,1-2H3. The van der Waals surface area contributed by atoms with Gasteiger partial charge >= 0.3 is 5.97 Å². The second-order valence-corrected chi connectivity index (χ2v) is 5.25. The van der Waals surface area contributed by atoms with Crippen molar-refractivity contribution in [2.24, 2.45) is 7.05 Å². The molecule has 1 aromatic heterocycles. The molecule has 0 bridgehead atoms. The minimum atomic E-state index is -0.600. The van der Waals surface area contributed by atoms with Crippen molar-refractivity contribution in [3.8, 4) is 0 Å². The molecule has 0 unspecified atom stereocenters. The number of rotatable bonds is 3. The topological polar surface area (TPSA) is 100 Å². The van der Waals surface area contributed by atoms with E-state index in [1.165, 1.54) is 9.69 Å². The van der Waals surface area contributed by atoms with Crippen molar-refractivity contribution in [1.29, 1.82) is 5.41 Å². The van der Waals surface area contributed by atoms with Gasteiger partial charge in [-0.3, -0.25) is 14.9 Å². The predicted octanol–water partition coefficient (Wildman–Crippen LogP) is 1.73. The van der Waals surface area contributed by atoms with Crippen LogP contribution in [-0.4, -0.2) is 34.0 Å². The number of amides is 1. The van der Waals surface area contributed by atoms with Gasteiger partial charge < -0.3 is 10.1 Å². The maximum absolute atomic E-state index is 12.5. The summed E-state index contributed by atoms with van der Waals surface area (Å²) in [7, 11) is 1.63. The summed E-state index contributed by atoms with van der Waals surface area (Å²) in [5.74, 6) is -0.894. The highest BCUT2D eigenvalue weighted by Gasteiger charge is 2.32. The Hall–Kier alpha value is -3.16. The van der Waals surface area contributed by atoms with E-state index >= 15 is 0 Å². The van der Waals surface area contributed by atoms with E-state index in [2.05, 4.69) is 10.5 Å². The molecule has 0 atom stereocenters. The first kappa shape index (κ1) is 15.7. The number of benzene rings is 1. The number of aromatic nitrogens is 2. The summed E-state index contributed by atoms with van der Waals surface area (Å²) in [5.41, 5.74) is 4.39. The predicted molar refractivity (Wildman–Crippen MR) is 88.2 cm³/mol. The summed E-state index contributed by atoms with van der Waals surface area (Å²) in [6, 6.07) is 8.97. The molecule has 8 nitrogen and oxygen atoms in total. The van der Waals surface area contributed by atoms with Crippen molar-refractivity contribution < 1.29 is 14.3 Å². The van der Waals surface area contributed by atoms with Crippen LogP contribution in [0.1, 0.15) is 29.5 Å². The molecule has 2 aromatic rings. The molecule has 0 saturated carbocycles. The van der Waals surface area contributed by atoms with E-state index in [0.29, 0.717) is 17.1 Å². The van der Waals surface area contributed by atoms with Gasteiger partial charge in [-0.05, 0) is 19.1 Å². The SMILES string of the molecule is CCOC(=O)c1nn(C)c2c1NN(c1ccccc1)C(=O)CC2=N. The fourth-order valence-corrected chi connectivity index (χ4v) is 2.59. The molecule has 1 aromatic carbocycles. The number of carbonyl (C=O) groups is 2. The second-order valence-electron chi connectivity index (χ2n) is 5.25. The fourth-order valence-electron chi connectivity index (χ4n) is 2.59. The number of nitrogens with one attached hydrogen (secondary N) is 2. The summed E-state index contributed by atoms with van der Waals surface area (Å²) >= 11 is 0. The molecular formula is C16H17N5O3. The molecule has 0 saturated heterocycles. The summed E-state index contributed by atoms with van der Waals surface area (Å²) in [4.78, 5) is 24.6. The highest BCUT2D eigenvalue weighted by Crippen LogP contribution is 2.28. The van der Waals surface area contributed by atoms with Crippen molar-refractivity contribution in [2.45, 2.75) is 13.3 Å². The molecule has 24 heavy (non-hydrogen) atoms. The first-order chi connectivity index (χ1) is 11.5. The molecule has 0 aliphatic carbocycles. The van der Waals surface area contributed by atoms with Crippen molar-refractivity contribution in [2.75, 3.05) is 17.0 Å². The highest BCUT2D eigenvalue weighted by molar-refractivity contribution is 6.18. The highest BCUT2D eigenvalue weighted by atomic mass is 16.5. The van der Waals surface area contributed by atoms with E-state index in [1.807, 2.05) is 6.07 Å². The van der Waals surface area contributed by atoms with E-state index in [-0.39, 0.29) is 30.3 Å².